The van der Waals surface area contributed by atoms with E-state index in [1.807, 2.05) is 30.3 Å². The second-order valence-electron chi connectivity index (χ2n) is 3.82. The van der Waals surface area contributed by atoms with Gasteiger partial charge in [-0.15, -0.1) is 12.4 Å². The minimum Gasteiger partial charge on any atom is -0.309 e. The van der Waals surface area contributed by atoms with Crippen LogP contribution in [0.5, 0.6) is 0 Å². The molecule has 1 N–H and O–H groups in total. The van der Waals surface area contributed by atoms with Crippen LogP contribution in [0.25, 0.3) is 0 Å². The summed E-state index contributed by atoms with van der Waals surface area (Å²) in [6, 6.07) is 15.8. The fraction of sp³-hybridized carbons (Fsp3) is 0.143. The summed E-state index contributed by atoms with van der Waals surface area (Å²) in [5.41, 5.74) is 2.32. The lowest BCUT2D eigenvalue weighted by atomic mass is 10.2. The topological polar surface area (TPSA) is 12.0 Å². The van der Waals surface area contributed by atoms with E-state index in [1.165, 1.54) is 5.56 Å². The number of nitrogens with one attached hydrogen (secondary N) is 1. The van der Waals surface area contributed by atoms with Gasteiger partial charge in [0.15, 0.2) is 0 Å². The molecule has 0 heterocycles. The van der Waals surface area contributed by atoms with Crippen molar-refractivity contribution in [3.63, 3.8) is 0 Å². The van der Waals surface area contributed by atoms with Gasteiger partial charge in [-0.1, -0.05) is 59.6 Å². The van der Waals surface area contributed by atoms with E-state index in [2.05, 4.69) is 17.4 Å². The van der Waals surface area contributed by atoms with Gasteiger partial charge in [-0.3, -0.25) is 0 Å². The van der Waals surface area contributed by atoms with E-state index in [0.717, 1.165) is 18.7 Å². The molecule has 0 atom stereocenters. The van der Waals surface area contributed by atoms with Crippen LogP contribution in [-0.4, -0.2) is 0 Å². The van der Waals surface area contributed by atoms with Gasteiger partial charge in [0.2, 0.25) is 0 Å². The highest BCUT2D eigenvalue weighted by Gasteiger charge is 2.00. The van der Waals surface area contributed by atoms with E-state index >= 15 is 0 Å². The normalized spacial score (nSPS) is 9.89. The Kier molecular flexibility index (Phi) is 6.51. The predicted molar refractivity (Wildman–Crippen MR) is 80.7 cm³/mol. The van der Waals surface area contributed by atoms with E-state index in [-0.39, 0.29) is 12.4 Å². The molecule has 0 saturated carbocycles. The third-order valence-corrected chi connectivity index (χ3v) is 3.09. The fourth-order valence-corrected chi connectivity index (χ4v) is 2.08. The Morgan fingerprint density at radius 1 is 0.889 bits per heavy atom. The quantitative estimate of drug-likeness (QED) is 0.863. The molecule has 1 nitrogen and oxygen atoms in total. The number of hydrogen-bond donors (Lipinski definition) is 1. The molecule has 4 heteroatoms. The van der Waals surface area contributed by atoms with Crippen LogP contribution in [0.2, 0.25) is 10.0 Å². The first kappa shape index (κ1) is 15.3. The molecule has 0 bridgehead atoms. The first-order valence-electron chi connectivity index (χ1n) is 5.44. The molecule has 0 saturated heterocycles. The monoisotopic (exact) mass is 301 g/mol. The Morgan fingerprint density at radius 2 is 1.61 bits per heavy atom. The largest absolute Gasteiger partial charge is 0.309 e. The van der Waals surface area contributed by atoms with Gasteiger partial charge in [-0.25, -0.2) is 0 Å². The maximum Gasteiger partial charge on any atom is 0.0465 e. The predicted octanol–water partition coefficient (Wildman–Crippen LogP) is 4.71. The van der Waals surface area contributed by atoms with Crippen molar-refractivity contribution in [3.8, 4) is 0 Å². The molecule has 0 fully saturated rings. The summed E-state index contributed by atoms with van der Waals surface area (Å²) in [7, 11) is 0. The van der Waals surface area contributed by atoms with Crippen LogP contribution in [0.3, 0.4) is 0 Å². The van der Waals surface area contributed by atoms with E-state index in [9.17, 15) is 0 Å². The lowest BCUT2D eigenvalue weighted by molar-refractivity contribution is 0.693. The number of hydrogen-bond acceptors (Lipinski definition) is 1. The maximum absolute atomic E-state index is 6.09. The van der Waals surface area contributed by atoms with Crippen molar-refractivity contribution in [2.45, 2.75) is 13.1 Å². The van der Waals surface area contributed by atoms with Gasteiger partial charge in [-0.2, -0.15) is 0 Å². The van der Waals surface area contributed by atoms with E-state index in [4.69, 9.17) is 23.2 Å². The van der Waals surface area contributed by atoms with Gasteiger partial charge in [0, 0.05) is 23.1 Å². The number of rotatable bonds is 4. The highest BCUT2D eigenvalue weighted by molar-refractivity contribution is 6.35. The smallest absolute Gasteiger partial charge is 0.0465 e. The van der Waals surface area contributed by atoms with Crippen LogP contribution in [0.15, 0.2) is 48.5 Å². The van der Waals surface area contributed by atoms with Gasteiger partial charge in [-0.05, 0) is 23.3 Å². The second-order valence-corrected chi connectivity index (χ2v) is 4.67. The summed E-state index contributed by atoms with van der Waals surface area (Å²) in [4.78, 5) is 0. The molecule has 2 aromatic rings. The van der Waals surface area contributed by atoms with Crippen molar-refractivity contribution < 1.29 is 0 Å². The van der Waals surface area contributed by atoms with Crippen molar-refractivity contribution in [1.29, 1.82) is 0 Å². The first-order chi connectivity index (χ1) is 8.25. The van der Waals surface area contributed by atoms with Gasteiger partial charge in [0.1, 0.15) is 0 Å². The molecule has 0 aliphatic rings. The van der Waals surface area contributed by atoms with E-state index < -0.39 is 0 Å². The molecule has 0 radical (unpaired) electrons. The average Bonchev–Trinajstić information content (AvgIpc) is 2.33. The molecule has 2 rings (SSSR count). The van der Waals surface area contributed by atoms with Gasteiger partial charge < -0.3 is 5.32 Å². The fourth-order valence-electron chi connectivity index (χ4n) is 1.60. The first-order valence-corrected chi connectivity index (χ1v) is 6.20. The molecule has 18 heavy (non-hydrogen) atoms. The molecule has 0 spiro atoms. The summed E-state index contributed by atoms with van der Waals surface area (Å²) in [5, 5.41) is 4.73. The van der Waals surface area contributed by atoms with Crippen LogP contribution >= 0.6 is 35.6 Å². The average molecular weight is 303 g/mol. The summed E-state index contributed by atoms with van der Waals surface area (Å²) >= 11 is 11.9. The van der Waals surface area contributed by atoms with Crippen LogP contribution < -0.4 is 5.32 Å². The molecule has 0 unspecified atom stereocenters. The number of halogens is 3. The van der Waals surface area contributed by atoms with Crippen LogP contribution in [-0.2, 0) is 13.1 Å². The minimum atomic E-state index is 0. The molecular weight excluding hydrogens is 289 g/mol. The highest BCUT2D eigenvalue weighted by atomic mass is 35.5. The van der Waals surface area contributed by atoms with Gasteiger partial charge in [0.05, 0.1) is 0 Å². The molecule has 0 aliphatic carbocycles. The van der Waals surface area contributed by atoms with Crippen molar-refractivity contribution in [2.24, 2.45) is 0 Å². The van der Waals surface area contributed by atoms with Crippen molar-refractivity contribution in [1.82, 2.24) is 5.32 Å². The zero-order valence-electron chi connectivity index (χ0n) is 9.70. The maximum atomic E-state index is 6.09. The van der Waals surface area contributed by atoms with E-state index in [1.54, 1.807) is 6.07 Å². The van der Waals surface area contributed by atoms with Crippen LogP contribution in [0, 0.1) is 0 Å². The SMILES string of the molecule is Cl.Clc1ccc(CNCc2ccccc2)c(Cl)c1. The molecular formula is C14H14Cl3N. The Labute approximate surface area is 124 Å². The summed E-state index contributed by atoms with van der Waals surface area (Å²) in [6.07, 6.45) is 0. The Hall–Kier alpha value is -0.730. The Balaban J connectivity index is 0.00000162. The van der Waals surface area contributed by atoms with Crippen molar-refractivity contribution in [3.05, 3.63) is 69.7 Å². The third kappa shape index (κ3) is 4.51. The minimum absolute atomic E-state index is 0. The Morgan fingerprint density at radius 3 is 2.28 bits per heavy atom. The molecule has 0 aromatic heterocycles. The zero-order chi connectivity index (χ0) is 12.1. The summed E-state index contributed by atoms with van der Waals surface area (Å²) in [5.74, 6) is 0. The number of benzene rings is 2. The van der Waals surface area contributed by atoms with Gasteiger partial charge in [0.25, 0.3) is 0 Å². The standard InChI is InChI=1S/C14H13Cl2N.ClH/c15-13-7-6-12(14(16)8-13)10-17-9-11-4-2-1-3-5-11;/h1-8,17H,9-10H2;1H. The lowest BCUT2D eigenvalue weighted by Gasteiger charge is -2.07. The highest BCUT2D eigenvalue weighted by Crippen LogP contribution is 2.20. The van der Waals surface area contributed by atoms with Crippen molar-refractivity contribution in [2.75, 3.05) is 0 Å². The second kappa shape index (κ2) is 7.65. The molecule has 96 valence electrons. The Bertz CT molecular complexity index is 486. The van der Waals surface area contributed by atoms with Gasteiger partial charge >= 0.3 is 0 Å². The summed E-state index contributed by atoms with van der Waals surface area (Å²) in [6.45, 7) is 1.57. The lowest BCUT2D eigenvalue weighted by Crippen LogP contribution is -2.12. The van der Waals surface area contributed by atoms with Crippen molar-refractivity contribution >= 4 is 35.6 Å². The molecule has 0 amide bonds. The van der Waals surface area contributed by atoms with E-state index in [0.29, 0.717) is 10.0 Å². The molecule has 0 aliphatic heterocycles. The summed E-state index contributed by atoms with van der Waals surface area (Å²) < 4.78 is 0. The van der Waals surface area contributed by atoms with Crippen LogP contribution in [0.1, 0.15) is 11.1 Å². The molecule has 2 aromatic carbocycles. The third-order valence-electron chi connectivity index (χ3n) is 2.50. The zero-order valence-corrected chi connectivity index (χ0v) is 12.0. The van der Waals surface area contributed by atoms with Crippen LogP contribution in [0.4, 0.5) is 0 Å².